The highest BCUT2D eigenvalue weighted by Crippen LogP contribution is 2.29. The summed E-state index contributed by atoms with van der Waals surface area (Å²) in [7, 11) is 3.33. The second-order valence-electron chi connectivity index (χ2n) is 10.8. The third-order valence-corrected chi connectivity index (χ3v) is 6.51. The van der Waals surface area contributed by atoms with Crippen LogP contribution in [-0.4, -0.2) is 44.6 Å². The van der Waals surface area contributed by atoms with Crippen molar-refractivity contribution in [1.29, 1.82) is 0 Å². The molecule has 3 aromatic heterocycles. The number of hydrogen-bond acceptors (Lipinski definition) is 9. The molecule has 0 bridgehead atoms. The molecule has 0 N–H and O–H groups in total. The van der Waals surface area contributed by atoms with Crippen LogP contribution in [0.1, 0.15) is 32.2 Å². The molecule has 5 rings (SSSR count). The molecule has 0 saturated carbocycles. The number of fused-ring (bicyclic) bond motifs is 1. The summed E-state index contributed by atoms with van der Waals surface area (Å²) in [5, 5.41) is 9.22. The van der Waals surface area contributed by atoms with E-state index < -0.39 is 52.7 Å². The van der Waals surface area contributed by atoms with Crippen LogP contribution in [0.15, 0.2) is 46.6 Å². The Hall–Kier alpha value is -4.99. The summed E-state index contributed by atoms with van der Waals surface area (Å²) in [6.07, 6.45) is 3.10. The Kier molecular flexibility index (Phi) is 8.03. The van der Waals surface area contributed by atoms with Crippen molar-refractivity contribution >= 4 is 34.2 Å². The predicted molar refractivity (Wildman–Crippen MR) is 149 cm³/mol. The molecule has 17 heteroatoms. The fourth-order valence-electron chi connectivity index (χ4n) is 3.95. The van der Waals surface area contributed by atoms with E-state index in [9.17, 15) is 22.8 Å². The first-order chi connectivity index (χ1) is 20.7. The number of hydrogen-bond donors (Lipinski definition) is 0. The molecule has 0 aliphatic carbocycles. The maximum absolute atomic E-state index is 14.8. The molecular weight excluding hydrogens is 607 g/mol. The molecule has 5 aromatic rings. The third kappa shape index (κ3) is 6.34. The molecule has 0 atom stereocenters. The fraction of sp³-hybridized carbons (Fsp3) is 0.296. The smallest absolute Gasteiger partial charge is 0.275 e. The second kappa shape index (κ2) is 11.6. The Morgan fingerprint density at radius 1 is 0.977 bits per heavy atom. The Bertz CT molecular complexity index is 2040. The van der Waals surface area contributed by atoms with Gasteiger partial charge in [-0.3, -0.25) is 13.9 Å². The van der Waals surface area contributed by atoms with Crippen LogP contribution in [0.25, 0.3) is 10.9 Å². The SMILES string of the molecule is Cn1cnc(Cn2c(OOC(=O)C(C)(C)C)nc(=Nc3cc4cn(C)nc4cc3Cl)n(Cc3cc(F)c(F)cc3F)c2=O)n1. The largest absolute Gasteiger partial charge is 0.360 e. The highest BCUT2D eigenvalue weighted by molar-refractivity contribution is 6.33. The maximum atomic E-state index is 14.8. The molecule has 230 valence electrons. The van der Waals surface area contributed by atoms with Gasteiger partial charge in [-0.15, -0.1) is 0 Å². The number of benzene rings is 2. The van der Waals surface area contributed by atoms with Crippen LogP contribution >= 0.6 is 11.6 Å². The number of carbonyl (C=O) groups excluding carboxylic acids is 1. The molecule has 0 saturated heterocycles. The van der Waals surface area contributed by atoms with Gasteiger partial charge in [0.05, 0.1) is 34.7 Å². The Labute approximate surface area is 251 Å². The predicted octanol–water partition coefficient (Wildman–Crippen LogP) is 3.34. The van der Waals surface area contributed by atoms with Gasteiger partial charge < -0.3 is 0 Å². The van der Waals surface area contributed by atoms with Crippen molar-refractivity contribution in [3.05, 3.63) is 86.8 Å². The Morgan fingerprint density at radius 3 is 2.39 bits per heavy atom. The van der Waals surface area contributed by atoms with E-state index in [0.29, 0.717) is 23.0 Å². The maximum Gasteiger partial charge on any atom is 0.360 e. The molecule has 0 aliphatic rings. The monoisotopic (exact) mass is 631 g/mol. The Balaban J connectivity index is 1.75. The van der Waals surface area contributed by atoms with E-state index >= 15 is 0 Å². The van der Waals surface area contributed by atoms with E-state index in [0.717, 1.165) is 9.13 Å². The number of halogens is 4. The highest BCUT2D eigenvalue weighted by Gasteiger charge is 2.27. The van der Waals surface area contributed by atoms with E-state index in [1.165, 1.54) is 11.0 Å². The third-order valence-electron chi connectivity index (χ3n) is 6.21. The number of rotatable bonds is 7. The van der Waals surface area contributed by atoms with Gasteiger partial charge >= 0.3 is 17.7 Å². The molecule has 0 fully saturated rings. The minimum absolute atomic E-state index is 0.132. The minimum Gasteiger partial charge on any atom is -0.275 e. The van der Waals surface area contributed by atoms with Crippen LogP contribution in [-0.2, 0) is 36.9 Å². The lowest BCUT2D eigenvalue weighted by atomic mass is 9.98. The van der Waals surface area contributed by atoms with Gasteiger partial charge in [0.15, 0.2) is 17.5 Å². The second-order valence-corrected chi connectivity index (χ2v) is 11.2. The summed E-state index contributed by atoms with van der Waals surface area (Å²) in [5.74, 6) is -4.49. The summed E-state index contributed by atoms with van der Waals surface area (Å²) in [6.45, 7) is 3.78. The van der Waals surface area contributed by atoms with Gasteiger partial charge in [0.25, 0.3) is 0 Å². The number of nitrogens with zero attached hydrogens (tertiary/aromatic N) is 9. The first kappa shape index (κ1) is 30.5. The van der Waals surface area contributed by atoms with Crippen molar-refractivity contribution in [2.75, 3.05) is 0 Å². The quantitative estimate of drug-likeness (QED) is 0.152. The molecule has 3 heterocycles. The molecule has 2 aromatic carbocycles. The van der Waals surface area contributed by atoms with Gasteiger partial charge in [0.2, 0.25) is 5.62 Å². The summed E-state index contributed by atoms with van der Waals surface area (Å²) < 4.78 is 47.4. The Morgan fingerprint density at radius 2 is 1.70 bits per heavy atom. The lowest BCUT2D eigenvalue weighted by Gasteiger charge is -2.17. The van der Waals surface area contributed by atoms with Crippen molar-refractivity contribution in [2.24, 2.45) is 24.5 Å². The average molecular weight is 632 g/mol. The van der Waals surface area contributed by atoms with E-state index in [1.807, 2.05) is 0 Å². The summed E-state index contributed by atoms with van der Waals surface area (Å²) in [6, 6.07) is 3.58. The lowest BCUT2D eigenvalue weighted by Crippen LogP contribution is -2.43. The molecule has 44 heavy (non-hydrogen) atoms. The average Bonchev–Trinajstić information content (AvgIpc) is 3.52. The van der Waals surface area contributed by atoms with Gasteiger partial charge in [-0.2, -0.15) is 15.2 Å². The molecule has 0 radical (unpaired) electrons. The van der Waals surface area contributed by atoms with Crippen molar-refractivity contribution in [2.45, 2.75) is 33.9 Å². The number of aryl methyl sites for hydroxylation is 2. The van der Waals surface area contributed by atoms with E-state index in [4.69, 9.17) is 21.4 Å². The van der Waals surface area contributed by atoms with Crippen molar-refractivity contribution in [3.63, 3.8) is 0 Å². The van der Waals surface area contributed by atoms with Crippen LogP contribution in [0.5, 0.6) is 6.01 Å². The molecule has 0 unspecified atom stereocenters. The zero-order valence-electron chi connectivity index (χ0n) is 24.0. The van der Waals surface area contributed by atoms with Crippen molar-refractivity contribution in [1.82, 2.24) is 38.7 Å². The minimum atomic E-state index is -1.40. The van der Waals surface area contributed by atoms with Crippen LogP contribution in [0.2, 0.25) is 5.02 Å². The van der Waals surface area contributed by atoms with Crippen LogP contribution in [0.4, 0.5) is 18.9 Å². The van der Waals surface area contributed by atoms with Gasteiger partial charge in [-0.25, -0.2) is 47.1 Å². The van der Waals surface area contributed by atoms with E-state index in [2.05, 4.69) is 25.2 Å². The molecule has 0 aliphatic heterocycles. The van der Waals surface area contributed by atoms with E-state index in [1.54, 1.807) is 57.9 Å². The van der Waals surface area contributed by atoms with Crippen LogP contribution in [0.3, 0.4) is 0 Å². The first-order valence-electron chi connectivity index (χ1n) is 13.0. The molecule has 13 nitrogen and oxygen atoms in total. The zero-order valence-corrected chi connectivity index (χ0v) is 24.8. The van der Waals surface area contributed by atoms with Crippen molar-refractivity contribution < 1.29 is 27.7 Å². The first-order valence-corrected chi connectivity index (χ1v) is 13.3. The highest BCUT2D eigenvalue weighted by atomic mass is 35.5. The number of aromatic nitrogens is 8. The zero-order chi connectivity index (χ0) is 31.9. The molecule has 0 amide bonds. The van der Waals surface area contributed by atoms with Crippen LogP contribution < -0.4 is 16.2 Å². The lowest BCUT2D eigenvalue weighted by molar-refractivity contribution is -0.227. The van der Waals surface area contributed by atoms with Gasteiger partial charge in [0.1, 0.15) is 12.1 Å². The molecule has 0 spiro atoms. The normalized spacial score (nSPS) is 12.2. The van der Waals surface area contributed by atoms with Gasteiger partial charge in [-0.1, -0.05) is 11.6 Å². The van der Waals surface area contributed by atoms with Gasteiger partial charge in [0, 0.05) is 37.3 Å². The van der Waals surface area contributed by atoms with E-state index in [-0.39, 0.29) is 28.6 Å². The summed E-state index contributed by atoms with van der Waals surface area (Å²) in [4.78, 5) is 49.6. The van der Waals surface area contributed by atoms with Gasteiger partial charge in [-0.05, 0) is 39.0 Å². The standard InChI is InChI=1S/C27H25ClF3N9O4/c1-27(2,3)23(41)43-44-25-34-24(33-21-7-15-10-37(4)35-20(15)8-16(21)28)39(11-14-6-18(30)19(31)9-17(14)29)26(42)40(25)12-22-32-13-38(5)36-22/h6-10,13H,11-12H2,1-5H3. The topological polar surface area (TPSA) is 136 Å². The summed E-state index contributed by atoms with van der Waals surface area (Å²) >= 11 is 6.48. The van der Waals surface area contributed by atoms with Crippen molar-refractivity contribution in [3.8, 4) is 6.01 Å². The van der Waals surface area contributed by atoms with Crippen LogP contribution in [0, 0.1) is 22.9 Å². The summed E-state index contributed by atoms with van der Waals surface area (Å²) in [5.41, 5.74) is -1.97. The number of carbonyl (C=O) groups is 1. The fourth-order valence-corrected chi connectivity index (χ4v) is 4.15. The molecular formula is C27H25ClF3N9O4.